The number of Topliss-reactive ketones (excluding diaryl/α,β-unsaturated/α-hetero) is 1. The van der Waals surface area contributed by atoms with E-state index in [0.29, 0.717) is 10.4 Å². The number of carbonyl (C=O) groups is 3. The quantitative estimate of drug-likeness (QED) is 0.851. The van der Waals surface area contributed by atoms with E-state index in [9.17, 15) is 14.4 Å². The van der Waals surface area contributed by atoms with E-state index in [1.807, 2.05) is 5.38 Å². The largest absolute Gasteiger partial charge is 0.455 e. The van der Waals surface area contributed by atoms with Gasteiger partial charge in [-0.05, 0) is 30.5 Å². The van der Waals surface area contributed by atoms with Crippen LogP contribution in [0, 0.1) is 0 Å². The highest BCUT2D eigenvalue weighted by Crippen LogP contribution is 2.40. The van der Waals surface area contributed by atoms with Gasteiger partial charge in [-0.15, -0.1) is 11.3 Å². The molecule has 0 radical (unpaired) electrons. The fourth-order valence-corrected chi connectivity index (χ4v) is 3.23. The summed E-state index contributed by atoms with van der Waals surface area (Å²) >= 11 is 1.34. The third kappa shape index (κ3) is 3.18. The van der Waals surface area contributed by atoms with Gasteiger partial charge in [0.1, 0.15) is 0 Å². The van der Waals surface area contributed by atoms with Gasteiger partial charge in [-0.1, -0.05) is 24.3 Å². The lowest BCUT2D eigenvalue weighted by atomic mass is 9.99. The highest BCUT2D eigenvalue weighted by molar-refractivity contribution is 7.10. The number of esters is 1. The summed E-state index contributed by atoms with van der Waals surface area (Å²) in [6.07, 6.45) is 0. The number of hydrogen-bond donors (Lipinski definition) is 1. The van der Waals surface area contributed by atoms with Crippen LogP contribution in [0.2, 0.25) is 0 Å². The van der Waals surface area contributed by atoms with Crippen molar-refractivity contribution in [1.29, 1.82) is 0 Å². The minimum Gasteiger partial charge on any atom is -0.455 e. The number of amides is 1. The Morgan fingerprint density at radius 3 is 2.48 bits per heavy atom. The van der Waals surface area contributed by atoms with Crippen molar-refractivity contribution < 1.29 is 23.9 Å². The molecule has 2 heterocycles. The highest BCUT2D eigenvalue weighted by Gasteiger charge is 2.50. The van der Waals surface area contributed by atoms with Gasteiger partial charge in [-0.3, -0.25) is 19.7 Å². The zero-order valence-corrected chi connectivity index (χ0v) is 14.4. The van der Waals surface area contributed by atoms with Crippen LogP contribution in [-0.2, 0) is 24.7 Å². The van der Waals surface area contributed by atoms with Gasteiger partial charge in [-0.2, -0.15) is 0 Å². The number of carbonyl (C=O) groups excluding carboxylic acids is 3. The number of hydrogen-bond acceptors (Lipinski definition) is 6. The third-order valence-electron chi connectivity index (χ3n) is 3.65. The first kappa shape index (κ1) is 16.9. The van der Waals surface area contributed by atoms with E-state index >= 15 is 0 Å². The monoisotopic (exact) mass is 357 g/mol. The van der Waals surface area contributed by atoms with Crippen molar-refractivity contribution in [2.45, 2.75) is 19.4 Å². The van der Waals surface area contributed by atoms with Gasteiger partial charge in [0.25, 0.3) is 11.7 Å². The lowest BCUT2D eigenvalue weighted by Gasteiger charge is -2.21. The number of ketones is 1. The first-order valence-corrected chi connectivity index (χ1v) is 8.36. The molecule has 1 amide bonds. The fraction of sp³-hybridized carbons (Fsp3) is 0.167. The number of ether oxygens (including phenoxy) is 2. The SMILES string of the molecule is CC(=O)OC1=C(NC(=O)c2ccccc2)OC(C)(c2cccs2)C1=O. The summed E-state index contributed by atoms with van der Waals surface area (Å²) in [5.41, 5.74) is -0.962. The van der Waals surface area contributed by atoms with Crippen molar-refractivity contribution in [1.82, 2.24) is 5.32 Å². The van der Waals surface area contributed by atoms with Crippen LogP contribution in [0.4, 0.5) is 0 Å². The van der Waals surface area contributed by atoms with Crippen molar-refractivity contribution >= 4 is 29.0 Å². The molecule has 1 aromatic heterocycles. The van der Waals surface area contributed by atoms with E-state index in [4.69, 9.17) is 9.47 Å². The zero-order chi connectivity index (χ0) is 18.0. The summed E-state index contributed by atoms with van der Waals surface area (Å²) in [6.45, 7) is 2.75. The first-order chi connectivity index (χ1) is 11.9. The van der Waals surface area contributed by atoms with Crippen LogP contribution < -0.4 is 5.32 Å². The molecule has 1 aliphatic rings. The summed E-state index contributed by atoms with van der Waals surface area (Å²) in [4.78, 5) is 37.2. The van der Waals surface area contributed by atoms with E-state index in [2.05, 4.69) is 5.32 Å². The summed E-state index contributed by atoms with van der Waals surface area (Å²) in [7, 11) is 0. The normalized spacial score (nSPS) is 19.5. The fourth-order valence-electron chi connectivity index (χ4n) is 2.41. The van der Waals surface area contributed by atoms with Crippen LogP contribution in [0.1, 0.15) is 29.1 Å². The molecule has 2 aromatic rings. The Bertz CT molecular complexity index is 857. The van der Waals surface area contributed by atoms with Gasteiger partial charge >= 0.3 is 5.97 Å². The molecular formula is C18H15NO5S. The summed E-state index contributed by atoms with van der Waals surface area (Å²) in [6, 6.07) is 12.0. The Labute approximate surface area is 148 Å². The van der Waals surface area contributed by atoms with Crippen LogP contribution >= 0.6 is 11.3 Å². The van der Waals surface area contributed by atoms with Gasteiger partial charge in [0.05, 0.1) is 4.88 Å². The zero-order valence-electron chi connectivity index (χ0n) is 13.6. The number of rotatable bonds is 4. The van der Waals surface area contributed by atoms with Crippen LogP contribution in [-0.4, -0.2) is 17.7 Å². The Morgan fingerprint density at radius 2 is 1.88 bits per heavy atom. The first-order valence-electron chi connectivity index (χ1n) is 7.48. The maximum absolute atomic E-state index is 12.8. The summed E-state index contributed by atoms with van der Waals surface area (Å²) in [5.74, 6) is -2.12. The highest BCUT2D eigenvalue weighted by atomic mass is 32.1. The lowest BCUT2D eigenvalue weighted by molar-refractivity contribution is -0.142. The molecule has 25 heavy (non-hydrogen) atoms. The Morgan fingerprint density at radius 1 is 1.16 bits per heavy atom. The molecule has 6 nitrogen and oxygen atoms in total. The van der Waals surface area contributed by atoms with Crippen molar-refractivity contribution in [2.24, 2.45) is 0 Å². The molecule has 128 valence electrons. The van der Waals surface area contributed by atoms with Gasteiger partial charge in [-0.25, -0.2) is 0 Å². The molecule has 1 unspecified atom stereocenters. The summed E-state index contributed by atoms with van der Waals surface area (Å²) in [5, 5.41) is 4.33. The van der Waals surface area contributed by atoms with E-state index < -0.39 is 23.3 Å². The number of nitrogens with one attached hydrogen (secondary N) is 1. The molecule has 7 heteroatoms. The minimum atomic E-state index is -1.35. The molecule has 0 saturated carbocycles. The molecule has 3 rings (SSSR count). The van der Waals surface area contributed by atoms with Crippen LogP contribution in [0.3, 0.4) is 0 Å². The van der Waals surface area contributed by atoms with Crippen LogP contribution in [0.25, 0.3) is 0 Å². The Kier molecular flexibility index (Phi) is 4.41. The summed E-state index contributed by atoms with van der Waals surface area (Å²) < 4.78 is 10.8. The molecule has 0 saturated heterocycles. The van der Waals surface area contributed by atoms with Crippen molar-refractivity contribution in [2.75, 3.05) is 0 Å². The average molecular weight is 357 g/mol. The predicted molar refractivity (Wildman–Crippen MR) is 90.5 cm³/mol. The molecule has 1 atom stereocenters. The van der Waals surface area contributed by atoms with E-state index in [1.165, 1.54) is 18.3 Å². The molecular weight excluding hydrogens is 342 g/mol. The number of benzene rings is 1. The molecule has 0 aliphatic carbocycles. The second-order valence-corrected chi connectivity index (χ2v) is 6.46. The van der Waals surface area contributed by atoms with E-state index in [-0.39, 0.29) is 11.6 Å². The number of thiophene rings is 1. The molecule has 1 N–H and O–H groups in total. The topological polar surface area (TPSA) is 81.7 Å². The molecule has 0 spiro atoms. The van der Waals surface area contributed by atoms with Crippen molar-refractivity contribution in [3.8, 4) is 0 Å². The molecule has 1 aromatic carbocycles. The van der Waals surface area contributed by atoms with Gasteiger partial charge < -0.3 is 9.47 Å². The maximum Gasteiger partial charge on any atom is 0.308 e. The van der Waals surface area contributed by atoms with E-state index in [1.54, 1.807) is 49.4 Å². The Hall–Kier alpha value is -2.93. The van der Waals surface area contributed by atoms with Gasteiger partial charge in [0, 0.05) is 12.5 Å². The maximum atomic E-state index is 12.8. The van der Waals surface area contributed by atoms with Gasteiger partial charge in [0.2, 0.25) is 17.2 Å². The molecule has 0 bridgehead atoms. The van der Waals surface area contributed by atoms with Gasteiger partial charge in [0.15, 0.2) is 0 Å². The Balaban J connectivity index is 1.93. The molecule has 1 aliphatic heterocycles. The predicted octanol–water partition coefficient (Wildman–Crippen LogP) is 2.72. The van der Waals surface area contributed by atoms with E-state index in [0.717, 1.165) is 0 Å². The molecule has 0 fully saturated rings. The third-order valence-corrected chi connectivity index (χ3v) is 4.72. The van der Waals surface area contributed by atoms with Crippen LogP contribution in [0.5, 0.6) is 0 Å². The second-order valence-electron chi connectivity index (χ2n) is 5.51. The van der Waals surface area contributed by atoms with Crippen LogP contribution in [0.15, 0.2) is 59.5 Å². The van der Waals surface area contributed by atoms with Crippen molar-refractivity contribution in [3.05, 3.63) is 69.9 Å². The second kappa shape index (κ2) is 6.52. The smallest absolute Gasteiger partial charge is 0.308 e. The minimum absolute atomic E-state index is 0.162. The average Bonchev–Trinajstić information content (AvgIpc) is 3.20. The lowest BCUT2D eigenvalue weighted by Crippen LogP contribution is -2.31. The standard InChI is InChI=1S/C18H15NO5S/c1-11(20)23-14-15(21)18(2,13-9-6-10-25-13)24-17(14)19-16(22)12-7-4-3-5-8-12/h3-10H,1-2H3,(H,19,22). The van der Waals surface area contributed by atoms with Crippen molar-refractivity contribution in [3.63, 3.8) is 0 Å².